The molecule has 1 aromatic heterocycles. The van der Waals surface area contributed by atoms with Crippen LogP contribution in [0.5, 0.6) is 5.75 Å². The Morgan fingerprint density at radius 3 is 2.89 bits per heavy atom. The number of rotatable bonds is 4. The molecule has 0 bridgehead atoms. The third kappa shape index (κ3) is 2.12. The lowest BCUT2D eigenvalue weighted by Crippen LogP contribution is -2.13. The highest BCUT2D eigenvalue weighted by Gasteiger charge is 2.14. The summed E-state index contributed by atoms with van der Waals surface area (Å²) in [5.74, 6) is -0.459. The highest BCUT2D eigenvalue weighted by molar-refractivity contribution is 5.93. The Labute approximate surface area is 104 Å². The van der Waals surface area contributed by atoms with Crippen molar-refractivity contribution in [1.29, 1.82) is 0 Å². The van der Waals surface area contributed by atoms with Gasteiger partial charge in [-0.1, -0.05) is 12.1 Å². The lowest BCUT2D eigenvalue weighted by atomic mass is 10.1. The highest BCUT2D eigenvalue weighted by Crippen LogP contribution is 2.25. The SMILES string of the molecule is CNCc1cc2cccc(OC)c2nc1C(=O)O. The number of aromatic nitrogens is 1. The highest BCUT2D eigenvalue weighted by atomic mass is 16.5. The Morgan fingerprint density at radius 2 is 2.28 bits per heavy atom. The second-order valence-electron chi connectivity index (χ2n) is 3.86. The van der Waals surface area contributed by atoms with E-state index < -0.39 is 5.97 Å². The number of methoxy groups -OCH3 is 1. The fourth-order valence-corrected chi connectivity index (χ4v) is 1.89. The van der Waals surface area contributed by atoms with Gasteiger partial charge in [-0.2, -0.15) is 0 Å². The van der Waals surface area contributed by atoms with E-state index in [0.717, 1.165) is 5.39 Å². The van der Waals surface area contributed by atoms with Gasteiger partial charge in [-0.3, -0.25) is 0 Å². The van der Waals surface area contributed by atoms with Crippen LogP contribution in [0.4, 0.5) is 0 Å². The number of pyridine rings is 1. The third-order valence-electron chi connectivity index (χ3n) is 2.68. The minimum Gasteiger partial charge on any atom is -0.494 e. The zero-order chi connectivity index (χ0) is 13.1. The third-order valence-corrected chi connectivity index (χ3v) is 2.68. The van der Waals surface area contributed by atoms with Gasteiger partial charge < -0.3 is 15.2 Å². The number of carboxylic acids is 1. The molecule has 0 amide bonds. The van der Waals surface area contributed by atoms with E-state index >= 15 is 0 Å². The van der Waals surface area contributed by atoms with Crippen LogP contribution in [0.1, 0.15) is 16.1 Å². The zero-order valence-corrected chi connectivity index (χ0v) is 10.2. The summed E-state index contributed by atoms with van der Waals surface area (Å²) in [7, 11) is 3.31. The molecule has 0 radical (unpaired) electrons. The first-order chi connectivity index (χ1) is 8.67. The van der Waals surface area contributed by atoms with Gasteiger partial charge >= 0.3 is 5.97 Å². The topological polar surface area (TPSA) is 71.5 Å². The van der Waals surface area contributed by atoms with Crippen LogP contribution < -0.4 is 10.1 Å². The Morgan fingerprint density at radius 1 is 1.50 bits per heavy atom. The summed E-state index contributed by atoms with van der Waals surface area (Å²) in [6, 6.07) is 7.32. The molecule has 2 rings (SSSR count). The molecule has 94 valence electrons. The minimum absolute atomic E-state index is 0.0568. The number of aromatic carboxylic acids is 1. The van der Waals surface area contributed by atoms with Crippen molar-refractivity contribution in [2.45, 2.75) is 6.54 Å². The minimum atomic E-state index is -1.03. The summed E-state index contributed by atoms with van der Waals surface area (Å²) in [6.07, 6.45) is 0. The van der Waals surface area contributed by atoms with Crippen LogP contribution in [0.3, 0.4) is 0 Å². The summed E-state index contributed by atoms with van der Waals surface area (Å²) < 4.78 is 5.19. The molecule has 18 heavy (non-hydrogen) atoms. The molecule has 0 saturated carbocycles. The Balaban J connectivity index is 2.72. The number of benzene rings is 1. The molecule has 0 spiro atoms. The maximum Gasteiger partial charge on any atom is 0.354 e. The molecule has 1 heterocycles. The van der Waals surface area contributed by atoms with E-state index in [9.17, 15) is 9.90 Å². The molecule has 0 aliphatic rings. The van der Waals surface area contributed by atoms with Crippen LogP contribution in [-0.2, 0) is 6.54 Å². The first kappa shape index (κ1) is 12.3. The molecule has 0 aliphatic heterocycles. The number of carboxylic acid groups (broad SMARTS) is 1. The van der Waals surface area contributed by atoms with Gasteiger partial charge in [0.2, 0.25) is 0 Å². The molecule has 0 fully saturated rings. The zero-order valence-electron chi connectivity index (χ0n) is 10.2. The van der Waals surface area contributed by atoms with Crippen molar-refractivity contribution in [3.8, 4) is 5.75 Å². The van der Waals surface area contributed by atoms with Gasteiger partial charge in [0, 0.05) is 11.9 Å². The smallest absolute Gasteiger partial charge is 0.354 e. The Kier molecular flexibility index (Phi) is 3.43. The Hall–Kier alpha value is -2.14. The number of hydrogen-bond donors (Lipinski definition) is 2. The van der Waals surface area contributed by atoms with Crippen LogP contribution in [0.2, 0.25) is 0 Å². The van der Waals surface area contributed by atoms with Crippen molar-refractivity contribution in [3.63, 3.8) is 0 Å². The molecule has 0 saturated heterocycles. The fraction of sp³-hybridized carbons (Fsp3) is 0.231. The summed E-state index contributed by atoms with van der Waals surface area (Å²) >= 11 is 0. The van der Waals surface area contributed by atoms with Gasteiger partial charge in [-0.05, 0) is 24.7 Å². The van der Waals surface area contributed by atoms with E-state index in [0.29, 0.717) is 23.4 Å². The van der Waals surface area contributed by atoms with Gasteiger partial charge in [0.05, 0.1) is 7.11 Å². The standard InChI is InChI=1S/C13H14N2O3/c1-14-7-9-6-8-4-3-5-10(18-2)11(8)15-12(9)13(16)17/h3-6,14H,7H2,1-2H3,(H,16,17). The molecule has 0 aliphatic carbocycles. The van der Waals surface area contributed by atoms with E-state index in [1.54, 1.807) is 20.2 Å². The van der Waals surface area contributed by atoms with Crippen molar-refractivity contribution in [2.24, 2.45) is 0 Å². The van der Waals surface area contributed by atoms with Gasteiger partial charge in [0.25, 0.3) is 0 Å². The van der Waals surface area contributed by atoms with Crippen molar-refractivity contribution >= 4 is 16.9 Å². The number of para-hydroxylation sites is 1. The Bertz CT molecular complexity index is 596. The maximum absolute atomic E-state index is 11.2. The first-order valence-corrected chi connectivity index (χ1v) is 5.52. The van der Waals surface area contributed by atoms with Gasteiger partial charge in [-0.15, -0.1) is 0 Å². The predicted molar refractivity (Wildman–Crippen MR) is 68.0 cm³/mol. The average molecular weight is 246 g/mol. The number of nitrogens with one attached hydrogen (secondary N) is 1. The first-order valence-electron chi connectivity index (χ1n) is 5.52. The molecule has 2 N–H and O–H groups in total. The molecule has 5 heteroatoms. The monoisotopic (exact) mass is 246 g/mol. The van der Waals surface area contributed by atoms with E-state index in [-0.39, 0.29) is 5.69 Å². The predicted octanol–water partition coefficient (Wildman–Crippen LogP) is 1.66. The number of carbonyl (C=O) groups is 1. The van der Waals surface area contributed by atoms with Crippen LogP contribution >= 0.6 is 0 Å². The largest absolute Gasteiger partial charge is 0.494 e. The van der Waals surface area contributed by atoms with Crippen molar-refractivity contribution in [1.82, 2.24) is 10.3 Å². The van der Waals surface area contributed by atoms with Gasteiger partial charge in [0.1, 0.15) is 11.3 Å². The molecule has 0 atom stereocenters. The van der Waals surface area contributed by atoms with Gasteiger partial charge in [-0.25, -0.2) is 9.78 Å². The molecular weight excluding hydrogens is 232 g/mol. The van der Waals surface area contributed by atoms with Crippen LogP contribution in [0.15, 0.2) is 24.3 Å². The van der Waals surface area contributed by atoms with E-state index in [1.807, 2.05) is 18.2 Å². The molecule has 2 aromatic rings. The number of hydrogen-bond acceptors (Lipinski definition) is 4. The second kappa shape index (κ2) is 5.01. The summed E-state index contributed by atoms with van der Waals surface area (Å²) in [5.41, 5.74) is 1.28. The molecule has 5 nitrogen and oxygen atoms in total. The normalized spacial score (nSPS) is 10.6. The number of nitrogens with zero attached hydrogens (tertiary/aromatic N) is 1. The quantitative estimate of drug-likeness (QED) is 0.858. The fourth-order valence-electron chi connectivity index (χ4n) is 1.89. The van der Waals surface area contributed by atoms with Gasteiger partial charge in [0.15, 0.2) is 5.69 Å². The van der Waals surface area contributed by atoms with E-state index in [4.69, 9.17) is 4.74 Å². The number of fused-ring (bicyclic) bond motifs is 1. The van der Waals surface area contributed by atoms with Crippen LogP contribution in [0, 0.1) is 0 Å². The maximum atomic E-state index is 11.2. The van der Waals surface area contributed by atoms with Crippen molar-refractivity contribution in [3.05, 3.63) is 35.5 Å². The number of ether oxygens (including phenoxy) is 1. The second-order valence-corrected chi connectivity index (χ2v) is 3.86. The summed E-state index contributed by atoms with van der Waals surface area (Å²) in [4.78, 5) is 15.4. The molecule has 1 aromatic carbocycles. The lowest BCUT2D eigenvalue weighted by Gasteiger charge is -2.09. The lowest BCUT2D eigenvalue weighted by molar-refractivity contribution is 0.0689. The molecule has 0 unspecified atom stereocenters. The van der Waals surface area contributed by atoms with E-state index in [2.05, 4.69) is 10.3 Å². The van der Waals surface area contributed by atoms with E-state index in [1.165, 1.54) is 0 Å². The van der Waals surface area contributed by atoms with Crippen molar-refractivity contribution < 1.29 is 14.6 Å². The summed E-state index contributed by atoms with van der Waals surface area (Å²) in [6.45, 7) is 0.460. The average Bonchev–Trinajstić information content (AvgIpc) is 2.37. The van der Waals surface area contributed by atoms with Crippen molar-refractivity contribution in [2.75, 3.05) is 14.2 Å². The molecular formula is C13H14N2O3. The van der Waals surface area contributed by atoms with Crippen LogP contribution in [-0.4, -0.2) is 30.2 Å². The van der Waals surface area contributed by atoms with Crippen LogP contribution in [0.25, 0.3) is 10.9 Å². The summed E-state index contributed by atoms with van der Waals surface area (Å²) in [5, 5.41) is 13.0.